The average Bonchev–Trinajstić information content (AvgIpc) is 2.60. The summed E-state index contributed by atoms with van der Waals surface area (Å²) in [6.45, 7) is 2.09. The molecule has 4 nitrogen and oxygen atoms in total. The van der Waals surface area contributed by atoms with E-state index in [0.717, 1.165) is 5.56 Å². The Hall–Kier alpha value is -2.20. The van der Waals surface area contributed by atoms with Gasteiger partial charge in [-0.15, -0.1) is 0 Å². The monoisotopic (exact) mass is 345 g/mol. The number of hydrogen-bond donors (Lipinski definition) is 0. The SMILES string of the molecule is CC(CCCC(=O)c1cc(Cl)ccn1)C(=O)OCc1ccccc1. The Morgan fingerprint density at radius 3 is 2.67 bits per heavy atom. The van der Waals surface area contributed by atoms with E-state index in [1.807, 2.05) is 37.3 Å². The highest BCUT2D eigenvalue weighted by Gasteiger charge is 2.16. The molecule has 5 heteroatoms. The zero-order valence-electron chi connectivity index (χ0n) is 13.6. The van der Waals surface area contributed by atoms with Crippen LogP contribution in [0, 0.1) is 5.92 Å². The molecule has 1 aromatic heterocycles. The minimum absolute atomic E-state index is 0.0673. The lowest BCUT2D eigenvalue weighted by atomic mass is 10.0. The molecule has 1 unspecified atom stereocenters. The molecule has 0 saturated carbocycles. The molecule has 0 fully saturated rings. The first kappa shape index (κ1) is 18.1. The number of Topliss-reactive ketones (excluding diaryl/α,β-unsaturated/α-hetero) is 1. The van der Waals surface area contributed by atoms with Crippen molar-refractivity contribution >= 4 is 23.4 Å². The van der Waals surface area contributed by atoms with Gasteiger partial charge in [0.05, 0.1) is 5.92 Å². The van der Waals surface area contributed by atoms with Crippen LogP contribution in [0.15, 0.2) is 48.7 Å². The van der Waals surface area contributed by atoms with Crippen LogP contribution in [0.3, 0.4) is 0 Å². The Morgan fingerprint density at radius 1 is 1.21 bits per heavy atom. The number of carbonyl (C=O) groups excluding carboxylic acids is 2. The molecule has 0 amide bonds. The number of pyridine rings is 1. The molecule has 126 valence electrons. The summed E-state index contributed by atoms with van der Waals surface area (Å²) >= 11 is 5.85. The third-order valence-electron chi connectivity index (χ3n) is 3.67. The van der Waals surface area contributed by atoms with Crippen molar-refractivity contribution in [1.82, 2.24) is 4.98 Å². The minimum atomic E-state index is -0.243. The van der Waals surface area contributed by atoms with Gasteiger partial charge in [0.15, 0.2) is 5.78 Å². The second kappa shape index (κ2) is 9.18. The van der Waals surface area contributed by atoms with Gasteiger partial charge in [0.1, 0.15) is 12.3 Å². The number of rotatable bonds is 8. The summed E-state index contributed by atoms with van der Waals surface area (Å²) in [5.74, 6) is -0.552. The first-order chi connectivity index (χ1) is 11.6. The second-order valence-electron chi connectivity index (χ2n) is 5.67. The summed E-state index contributed by atoms with van der Waals surface area (Å²) in [6.07, 6.45) is 3.05. The van der Waals surface area contributed by atoms with Crippen LogP contribution in [0.4, 0.5) is 0 Å². The van der Waals surface area contributed by atoms with Crippen molar-refractivity contribution < 1.29 is 14.3 Å². The maximum absolute atomic E-state index is 12.0. The zero-order valence-corrected chi connectivity index (χ0v) is 14.3. The molecule has 1 heterocycles. The van der Waals surface area contributed by atoms with Crippen molar-refractivity contribution in [3.8, 4) is 0 Å². The van der Waals surface area contributed by atoms with Crippen LogP contribution in [0.5, 0.6) is 0 Å². The Kier molecular flexibility index (Phi) is 6.94. The van der Waals surface area contributed by atoms with Crippen LogP contribution in [0.2, 0.25) is 5.02 Å². The Morgan fingerprint density at radius 2 is 1.96 bits per heavy atom. The van der Waals surface area contributed by atoms with Crippen molar-refractivity contribution in [3.05, 3.63) is 64.9 Å². The number of hydrogen-bond acceptors (Lipinski definition) is 4. The van der Waals surface area contributed by atoms with Gasteiger partial charge in [0.25, 0.3) is 0 Å². The number of carbonyl (C=O) groups is 2. The highest BCUT2D eigenvalue weighted by molar-refractivity contribution is 6.30. The molecular formula is C19H20ClNO3. The van der Waals surface area contributed by atoms with Crippen molar-refractivity contribution in [2.45, 2.75) is 32.8 Å². The maximum Gasteiger partial charge on any atom is 0.308 e. The Labute approximate surface area is 146 Å². The summed E-state index contributed by atoms with van der Waals surface area (Å²) in [4.78, 5) is 28.0. The molecule has 0 radical (unpaired) electrons. The number of esters is 1. The van der Waals surface area contributed by atoms with Gasteiger partial charge < -0.3 is 4.74 Å². The fraction of sp³-hybridized carbons (Fsp3) is 0.316. The van der Waals surface area contributed by atoms with E-state index in [4.69, 9.17) is 16.3 Å². The standard InChI is InChI=1S/C19H20ClNO3/c1-14(19(23)24-13-15-7-3-2-4-8-15)6-5-9-18(22)17-12-16(20)10-11-21-17/h2-4,7-8,10-12,14H,5-6,9,13H2,1H3. The van der Waals surface area contributed by atoms with E-state index in [1.165, 1.54) is 6.20 Å². The molecular weight excluding hydrogens is 326 g/mol. The van der Waals surface area contributed by atoms with Gasteiger partial charge >= 0.3 is 5.97 Å². The van der Waals surface area contributed by atoms with E-state index in [0.29, 0.717) is 30.0 Å². The van der Waals surface area contributed by atoms with Gasteiger partial charge in [-0.1, -0.05) is 48.9 Å². The topological polar surface area (TPSA) is 56.3 Å². The van der Waals surface area contributed by atoms with Crippen LogP contribution in [0.25, 0.3) is 0 Å². The Bertz CT molecular complexity index is 688. The highest BCUT2D eigenvalue weighted by Crippen LogP contribution is 2.15. The average molecular weight is 346 g/mol. The fourth-order valence-electron chi connectivity index (χ4n) is 2.24. The lowest BCUT2D eigenvalue weighted by molar-refractivity contribution is -0.149. The van der Waals surface area contributed by atoms with Crippen molar-refractivity contribution in [2.75, 3.05) is 0 Å². The molecule has 0 N–H and O–H groups in total. The molecule has 1 aromatic carbocycles. The van der Waals surface area contributed by atoms with Gasteiger partial charge in [-0.2, -0.15) is 0 Å². The number of halogens is 1. The van der Waals surface area contributed by atoms with Gasteiger partial charge in [0.2, 0.25) is 0 Å². The first-order valence-corrected chi connectivity index (χ1v) is 8.29. The molecule has 0 spiro atoms. The van der Waals surface area contributed by atoms with E-state index in [2.05, 4.69) is 4.98 Å². The number of benzene rings is 1. The summed E-state index contributed by atoms with van der Waals surface area (Å²) < 4.78 is 5.29. The molecule has 0 aliphatic heterocycles. The predicted molar refractivity (Wildman–Crippen MR) is 92.8 cm³/mol. The summed E-state index contributed by atoms with van der Waals surface area (Å²) in [5.41, 5.74) is 1.32. The molecule has 0 aliphatic rings. The predicted octanol–water partition coefficient (Wildman–Crippen LogP) is 4.47. The maximum atomic E-state index is 12.0. The largest absolute Gasteiger partial charge is 0.461 e. The minimum Gasteiger partial charge on any atom is -0.461 e. The lowest BCUT2D eigenvalue weighted by Crippen LogP contribution is -2.15. The van der Waals surface area contributed by atoms with Crippen LogP contribution in [-0.4, -0.2) is 16.7 Å². The molecule has 24 heavy (non-hydrogen) atoms. The summed E-state index contributed by atoms with van der Waals surface area (Å²) in [6, 6.07) is 12.7. The van der Waals surface area contributed by atoms with Crippen LogP contribution >= 0.6 is 11.6 Å². The van der Waals surface area contributed by atoms with Gasteiger partial charge in [-0.3, -0.25) is 14.6 Å². The fourth-order valence-corrected chi connectivity index (χ4v) is 2.40. The van der Waals surface area contributed by atoms with Crippen LogP contribution in [0.1, 0.15) is 42.2 Å². The third kappa shape index (κ3) is 5.78. The molecule has 0 saturated heterocycles. The van der Waals surface area contributed by atoms with E-state index in [1.54, 1.807) is 12.1 Å². The van der Waals surface area contributed by atoms with E-state index >= 15 is 0 Å². The van der Waals surface area contributed by atoms with Gasteiger partial charge in [0, 0.05) is 17.6 Å². The normalized spacial score (nSPS) is 11.8. The van der Waals surface area contributed by atoms with E-state index in [-0.39, 0.29) is 24.3 Å². The van der Waals surface area contributed by atoms with Gasteiger partial charge in [-0.25, -0.2) is 0 Å². The third-order valence-corrected chi connectivity index (χ3v) is 3.91. The number of nitrogens with zero attached hydrogens (tertiary/aromatic N) is 1. The quantitative estimate of drug-likeness (QED) is 0.523. The number of ether oxygens (including phenoxy) is 1. The van der Waals surface area contributed by atoms with Gasteiger partial charge in [-0.05, 0) is 30.5 Å². The smallest absolute Gasteiger partial charge is 0.308 e. The molecule has 1 atom stereocenters. The summed E-state index contributed by atoms with van der Waals surface area (Å²) in [7, 11) is 0. The highest BCUT2D eigenvalue weighted by atomic mass is 35.5. The number of ketones is 1. The lowest BCUT2D eigenvalue weighted by Gasteiger charge is -2.11. The Balaban J connectivity index is 1.71. The van der Waals surface area contributed by atoms with E-state index in [9.17, 15) is 9.59 Å². The first-order valence-electron chi connectivity index (χ1n) is 7.91. The van der Waals surface area contributed by atoms with Crippen molar-refractivity contribution in [1.29, 1.82) is 0 Å². The van der Waals surface area contributed by atoms with Crippen molar-refractivity contribution in [2.24, 2.45) is 5.92 Å². The number of aromatic nitrogens is 1. The molecule has 0 bridgehead atoms. The summed E-state index contributed by atoms with van der Waals surface area (Å²) in [5, 5.41) is 0.492. The zero-order chi connectivity index (χ0) is 17.4. The van der Waals surface area contributed by atoms with E-state index < -0.39 is 0 Å². The molecule has 0 aliphatic carbocycles. The van der Waals surface area contributed by atoms with Crippen LogP contribution in [-0.2, 0) is 16.1 Å². The molecule has 2 aromatic rings. The van der Waals surface area contributed by atoms with Crippen LogP contribution < -0.4 is 0 Å². The van der Waals surface area contributed by atoms with Crippen molar-refractivity contribution in [3.63, 3.8) is 0 Å². The molecule has 2 rings (SSSR count). The second-order valence-corrected chi connectivity index (χ2v) is 6.11.